The van der Waals surface area contributed by atoms with Crippen LogP contribution in [0.15, 0.2) is 24.4 Å². The molecule has 2 heterocycles. The Bertz CT molecular complexity index is 467. The van der Waals surface area contributed by atoms with Crippen molar-refractivity contribution in [2.45, 2.75) is 32.2 Å². The number of carbonyl (C=O) groups is 1. The summed E-state index contributed by atoms with van der Waals surface area (Å²) >= 11 is 0. The fourth-order valence-corrected chi connectivity index (χ4v) is 2.98. The number of nitrogens with zero attached hydrogens (tertiary/aromatic N) is 3. The molecule has 0 saturated carbocycles. The summed E-state index contributed by atoms with van der Waals surface area (Å²) in [6.45, 7) is 5.46. The van der Waals surface area contributed by atoms with Gasteiger partial charge in [-0.25, -0.2) is 0 Å². The Morgan fingerprint density at radius 3 is 2.58 bits per heavy atom. The largest absolute Gasteiger partial charge is 0.342 e. The number of carbonyl (C=O) groups excluding carboxylic acids is 1. The van der Waals surface area contributed by atoms with Crippen LogP contribution in [-0.2, 0) is 11.2 Å². The van der Waals surface area contributed by atoms with Crippen LogP contribution < -0.4 is 5.73 Å². The van der Waals surface area contributed by atoms with E-state index in [9.17, 15) is 4.79 Å². The Balaban J connectivity index is 0.00000264. The second-order valence-corrected chi connectivity index (χ2v) is 6.23. The zero-order valence-corrected chi connectivity index (χ0v) is 16.2. The van der Waals surface area contributed by atoms with Gasteiger partial charge in [-0.05, 0) is 25.0 Å². The smallest absolute Gasteiger partial charge is 0.226 e. The van der Waals surface area contributed by atoms with Gasteiger partial charge in [0.2, 0.25) is 5.91 Å². The van der Waals surface area contributed by atoms with Crippen LogP contribution in [-0.4, -0.2) is 60.0 Å². The summed E-state index contributed by atoms with van der Waals surface area (Å²) in [6.07, 6.45) is 4.93. The summed E-state index contributed by atoms with van der Waals surface area (Å²) in [5.74, 6) is 0.0987. The van der Waals surface area contributed by atoms with Crippen molar-refractivity contribution in [1.29, 1.82) is 0 Å². The van der Waals surface area contributed by atoms with Crippen LogP contribution in [0.2, 0.25) is 0 Å². The van der Waals surface area contributed by atoms with E-state index < -0.39 is 0 Å². The maximum Gasteiger partial charge on any atom is 0.226 e. The van der Waals surface area contributed by atoms with Crippen LogP contribution in [0.1, 0.15) is 25.5 Å². The van der Waals surface area contributed by atoms with Gasteiger partial charge < -0.3 is 15.5 Å². The monoisotopic (exact) mass is 376 g/mol. The van der Waals surface area contributed by atoms with Crippen molar-refractivity contribution >= 4 is 30.7 Å². The van der Waals surface area contributed by atoms with Crippen LogP contribution in [0.3, 0.4) is 0 Å². The number of pyridine rings is 1. The van der Waals surface area contributed by atoms with Crippen molar-refractivity contribution in [1.82, 2.24) is 14.8 Å². The molecule has 0 spiro atoms. The molecule has 2 rings (SSSR count). The van der Waals surface area contributed by atoms with Crippen LogP contribution in [0.5, 0.6) is 0 Å². The van der Waals surface area contributed by atoms with E-state index in [0.29, 0.717) is 12.6 Å². The van der Waals surface area contributed by atoms with Crippen molar-refractivity contribution in [3.63, 3.8) is 0 Å². The lowest BCUT2D eigenvalue weighted by Gasteiger charge is -2.37. The number of piperidine rings is 1. The van der Waals surface area contributed by atoms with Gasteiger partial charge in [-0.1, -0.05) is 13.0 Å². The molecule has 1 unspecified atom stereocenters. The molecular formula is C17H30Cl2N4O. The molecule has 1 aromatic heterocycles. The molecule has 0 bridgehead atoms. The Morgan fingerprint density at radius 1 is 1.38 bits per heavy atom. The maximum atomic E-state index is 12.2. The molecule has 1 aliphatic heterocycles. The van der Waals surface area contributed by atoms with Gasteiger partial charge in [-0.15, -0.1) is 24.8 Å². The Kier molecular flexibility index (Phi) is 11.2. The van der Waals surface area contributed by atoms with Gasteiger partial charge >= 0.3 is 0 Å². The molecule has 0 aromatic carbocycles. The third-order valence-electron chi connectivity index (χ3n) is 4.64. The number of amides is 1. The first-order chi connectivity index (χ1) is 10.6. The predicted octanol–water partition coefficient (Wildman–Crippen LogP) is 1.99. The van der Waals surface area contributed by atoms with E-state index in [1.165, 1.54) is 0 Å². The van der Waals surface area contributed by atoms with Gasteiger partial charge in [0, 0.05) is 63.5 Å². The molecule has 1 fully saturated rings. The SMILES string of the molecule is CC(CN)C(=O)N(C)C1CCN(CCc2ccccn2)CC1.Cl.Cl. The summed E-state index contributed by atoms with van der Waals surface area (Å²) in [4.78, 5) is 20.9. The van der Waals surface area contributed by atoms with Gasteiger partial charge in [-0.3, -0.25) is 9.78 Å². The second-order valence-electron chi connectivity index (χ2n) is 6.23. The first kappa shape index (κ1) is 23.1. The van der Waals surface area contributed by atoms with Gasteiger partial charge in [0.05, 0.1) is 0 Å². The topological polar surface area (TPSA) is 62.5 Å². The fraction of sp³-hybridized carbons (Fsp3) is 0.647. The summed E-state index contributed by atoms with van der Waals surface area (Å²) in [7, 11) is 1.92. The quantitative estimate of drug-likeness (QED) is 0.824. The highest BCUT2D eigenvalue weighted by atomic mass is 35.5. The van der Waals surface area contributed by atoms with Gasteiger partial charge in [0.1, 0.15) is 0 Å². The molecule has 7 heteroatoms. The summed E-state index contributed by atoms with van der Waals surface area (Å²) in [6, 6.07) is 6.42. The molecule has 0 radical (unpaired) electrons. The van der Waals surface area contributed by atoms with Gasteiger partial charge in [0.15, 0.2) is 0 Å². The number of hydrogen-bond donors (Lipinski definition) is 1. The number of hydrogen-bond acceptors (Lipinski definition) is 4. The van der Waals surface area contributed by atoms with E-state index in [1.54, 1.807) is 0 Å². The standard InChI is InChI=1S/C17H28N4O.2ClH/c1-14(13-18)17(22)20(2)16-7-11-21(12-8-16)10-6-15-5-3-4-9-19-15;;/h3-5,9,14,16H,6-8,10-13,18H2,1-2H3;2*1H. The third-order valence-corrected chi connectivity index (χ3v) is 4.64. The molecular weight excluding hydrogens is 347 g/mol. The maximum absolute atomic E-state index is 12.2. The van der Waals surface area contributed by atoms with Gasteiger partial charge in [0.25, 0.3) is 0 Å². The molecule has 1 atom stereocenters. The second kappa shape index (κ2) is 11.6. The lowest BCUT2D eigenvalue weighted by molar-refractivity contribution is -0.136. The van der Waals surface area contributed by atoms with E-state index in [1.807, 2.05) is 37.2 Å². The van der Waals surface area contributed by atoms with Crippen molar-refractivity contribution in [3.8, 4) is 0 Å². The van der Waals surface area contributed by atoms with E-state index in [2.05, 4.69) is 16.0 Å². The van der Waals surface area contributed by atoms with E-state index in [0.717, 1.165) is 44.6 Å². The number of likely N-dealkylation sites (tertiary alicyclic amines) is 1. The molecule has 138 valence electrons. The Morgan fingerprint density at radius 2 is 2.04 bits per heavy atom. The number of aromatic nitrogens is 1. The minimum atomic E-state index is -0.0767. The molecule has 5 nitrogen and oxygen atoms in total. The van der Waals surface area contributed by atoms with Crippen LogP contribution in [0.4, 0.5) is 0 Å². The Labute approximate surface area is 157 Å². The minimum Gasteiger partial charge on any atom is -0.342 e. The van der Waals surface area contributed by atoms with Crippen LogP contribution in [0, 0.1) is 5.92 Å². The first-order valence-corrected chi connectivity index (χ1v) is 8.20. The van der Waals surface area contributed by atoms with E-state index >= 15 is 0 Å². The fourth-order valence-electron chi connectivity index (χ4n) is 2.98. The molecule has 1 saturated heterocycles. The summed E-state index contributed by atoms with van der Waals surface area (Å²) in [5.41, 5.74) is 6.74. The molecule has 1 aliphatic rings. The number of nitrogens with two attached hydrogens (primary N) is 1. The highest BCUT2D eigenvalue weighted by Gasteiger charge is 2.27. The summed E-state index contributed by atoms with van der Waals surface area (Å²) in [5, 5.41) is 0. The predicted molar refractivity (Wildman–Crippen MR) is 103 cm³/mol. The van der Waals surface area contributed by atoms with Crippen molar-refractivity contribution in [3.05, 3.63) is 30.1 Å². The van der Waals surface area contributed by atoms with Crippen molar-refractivity contribution < 1.29 is 4.79 Å². The van der Waals surface area contributed by atoms with Crippen LogP contribution in [0.25, 0.3) is 0 Å². The zero-order valence-electron chi connectivity index (χ0n) is 14.6. The normalized spacial score (nSPS) is 16.6. The average molecular weight is 377 g/mol. The van der Waals surface area contributed by atoms with Crippen LogP contribution >= 0.6 is 24.8 Å². The van der Waals surface area contributed by atoms with Crippen molar-refractivity contribution in [2.75, 3.05) is 33.2 Å². The lowest BCUT2D eigenvalue weighted by atomic mass is 10.0. The number of rotatable bonds is 6. The molecule has 2 N–H and O–H groups in total. The molecule has 0 aliphatic carbocycles. The molecule has 1 aromatic rings. The highest BCUT2D eigenvalue weighted by Crippen LogP contribution is 2.17. The number of halogens is 2. The lowest BCUT2D eigenvalue weighted by Crippen LogP contribution is -2.48. The van der Waals surface area contributed by atoms with E-state index in [4.69, 9.17) is 5.73 Å². The molecule has 24 heavy (non-hydrogen) atoms. The van der Waals surface area contributed by atoms with Crippen molar-refractivity contribution in [2.24, 2.45) is 11.7 Å². The zero-order chi connectivity index (χ0) is 15.9. The molecule has 1 amide bonds. The average Bonchev–Trinajstić information content (AvgIpc) is 2.59. The third kappa shape index (κ3) is 6.55. The van der Waals surface area contributed by atoms with E-state index in [-0.39, 0.29) is 36.6 Å². The Hall–Kier alpha value is -0.880. The van der Waals surface area contributed by atoms with Gasteiger partial charge in [-0.2, -0.15) is 0 Å². The first-order valence-electron chi connectivity index (χ1n) is 8.20. The minimum absolute atomic E-state index is 0. The highest BCUT2D eigenvalue weighted by molar-refractivity contribution is 5.85. The summed E-state index contributed by atoms with van der Waals surface area (Å²) < 4.78 is 0.